The fraction of sp³-hybridized carbons (Fsp3) is 0.643. The summed E-state index contributed by atoms with van der Waals surface area (Å²) in [5, 5.41) is 0. The minimum absolute atomic E-state index is 0.125. The van der Waals surface area contributed by atoms with Crippen LogP contribution in [0.25, 0.3) is 0 Å². The zero-order valence-corrected chi connectivity index (χ0v) is 11.1. The predicted octanol–water partition coefficient (Wildman–Crippen LogP) is 3.57. The van der Waals surface area contributed by atoms with Crippen LogP contribution in [0.1, 0.15) is 62.1 Å². The molecule has 0 aliphatic carbocycles. The number of ketones is 1. The van der Waals surface area contributed by atoms with Crippen molar-refractivity contribution in [1.29, 1.82) is 0 Å². The second kappa shape index (κ2) is 7.15. The van der Waals surface area contributed by atoms with Crippen molar-refractivity contribution in [3.05, 3.63) is 23.8 Å². The van der Waals surface area contributed by atoms with E-state index in [1.807, 2.05) is 6.92 Å². The molecule has 0 radical (unpaired) electrons. The van der Waals surface area contributed by atoms with E-state index in [1.165, 1.54) is 12.8 Å². The van der Waals surface area contributed by atoms with Crippen LogP contribution >= 0.6 is 0 Å². The van der Waals surface area contributed by atoms with Crippen molar-refractivity contribution in [3.63, 3.8) is 0 Å². The van der Waals surface area contributed by atoms with Gasteiger partial charge < -0.3 is 0 Å². The van der Waals surface area contributed by atoms with Gasteiger partial charge in [0.2, 0.25) is 0 Å². The van der Waals surface area contributed by atoms with Crippen molar-refractivity contribution in [2.24, 2.45) is 5.92 Å². The van der Waals surface area contributed by atoms with Gasteiger partial charge in [0.1, 0.15) is 5.69 Å². The fourth-order valence-electron chi connectivity index (χ4n) is 1.85. The molecule has 0 N–H and O–H groups in total. The lowest BCUT2D eigenvalue weighted by Crippen LogP contribution is -2.10. The second-order valence-corrected chi connectivity index (χ2v) is 4.59. The van der Waals surface area contributed by atoms with Crippen molar-refractivity contribution in [3.8, 4) is 0 Å². The van der Waals surface area contributed by atoms with E-state index in [-0.39, 0.29) is 5.78 Å². The van der Waals surface area contributed by atoms with Gasteiger partial charge in [-0.05, 0) is 12.8 Å². The van der Waals surface area contributed by atoms with E-state index in [2.05, 4.69) is 23.8 Å². The number of carbonyl (C=O) groups excluding carboxylic acids is 1. The van der Waals surface area contributed by atoms with Crippen molar-refractivity contribution in [2.75, 3.05) is 0 Å². The molecule has 94 valence electrons. The van der Waals surface area contributed by atoms with Gasteiger partial charge in [-0.15, -0.1) is 0 Å². The number of nitrogens with zero attached hydrogens (tertiary/aromatic N) is 2. The molecule has 0 amide bonds. The lowest BCUT2D eigenvalue weighted by atomic mass is 9.93. The van der Waals surface area contributed by atoms with Crippen LogP contribution in [0.4, 0.5) is 0 Å². The Morgan fingerprint density at radius 2 is 2.06 bits per heavy atom. The molecule has 3 nitrogen and oxygen atoms in total. The first kappa shape index (κ1) is 13.8. The van der Waals surface area contributed by atoms with Gasteiger partial charge in [0.25, 0.3) is 0 Å². The lowest BCUT2D eigenvalue weighted by Gasteiger charge is -2.12. The number of Topliss-reactive ketones (excluding diaryl/α,β-unsaturated/α-hetero) is 1. The van der Waals surface area contributed by atoms with Crippen LogP contribution in [-0.2, 0) is 0 Å². The van der Waals surface area contributed by atoms with Gasteiger partial charge in [0.05, 0.1) is 11.9 Å². The summed E-state index contributed by atoms with van der Waals surface area (Å²) in [7, 11) is 0. The summed E-state index contributed by atoms with van der Waals surface area (Å²) >= 11 is 0. The van der Waals surface area contributed by atoms with Gasteiger partial charge in [-0.25, -0.2) is 4.98 Å². The Bertz CT molecular complexity index is 346. The third kappa shape index (κ3) is 4.63. The highest BCUT2D eigenvalue weighted by molar-refractivity contribution is 5.94. The SMILES string of the molecule is CCCCC(CC)CC(=O)c1cnc(C)cn1. The number of aromatic nitrogens is 2. The second-order valence-electron chi connectivity index (χ2n) is 4.59. The summed E-state index contributed by atoms with van der Waals surface area (Å²) in [5.74, 6) is 0.617. The Kier molecular flexibility index (Phi) is 5.81. The molecule has 0 aliphatic rings. The summed E-state index contributed by atoms with van der Waals surface area (Å²) in [6, 6.07) is 0. The zero-order valence-electron chi connectivity index (χ0n) is 11.1. The van der Waals surface area contributed by atoms with Gasteiger partial charge in [-0.3, -0.25) is 9.78 Å². The molecule has 1 atom stereocenters. The molecule has 17 heavy (non-hydrogen) atoms. The molecule has 1 aromatic rings. The molecule has 0 aliphatic heterocycles. The minimum Gasteiger partial charge on any atom is -0.292 e. The third-order valence-electron chi connectivity index (χ3n) is 3.08. The van der Waals surface area contributed by atoms with Crippen LogP contribution in [0.15, 0.2) is 12.4 Å². The Morgan fingerprint density at radius 3 is 2.59 bits per heavy atom. The standard InChI is InChI=1S/C14H22N2O/c1-4-6-7-12(5-2)8-14(17)13-10-15-11(3)9-16-13/h9-10,12H,4-8H2,1-3H3. The van der Waals surface area contributed by atoms with Gasteiger partial charge in [0, 0.05) is 12.6 Å². The number of rotatable bonds is 7. The van der Waals surface area contributed by atoms with E-state index in [0.29, 0.717) is 18.0 Å². The highest BCUT2D eigenvalue weighted by atomic mass is 16.1. The monoisotopic (exact) mass is 234 g/mol. The van der Waals surface area contributed by atoms with E-state index in [9.17, 15) is 4.79 Å². The third-order valence-corrected chi connectivity index (χ3v) is 3.08. The first-order valence-electron chi connectivity index (χ1n) is 6.49. The van der Waals surface area contributed by atoms with E-state index < -0.39 is 0 Å². The summed E-state index contributed by atoms with van der Waals surface area (Å²) in [6.07, 6.45) is 8.43. The summed E-state index contributed by atoms with van der Waals surface area (Å²) in [4.78, 5) is 20.2. The zero-order chi connectivity index (χ0) is 12.7. The van der Waals surface area contributed by atoms with Crippen molar-refractivity contribution in [1.82, 2.24) is 9.97 Å². The van der Waals surface area contributed by atoms with Crippen molar-refractivity contribution < 1.29 is 4.79 Å². The molecule has 0 bridgehead atoms. The lowest BCUT2D eigenvalue weighted by molar-refractivity contribution is 0.0951. The Morgan fingerprint density at radius 1 is 1.29 bits per heavy atom. The van der Waals surface area contributed by atoms with Gasteiger partial charge in [-0.1, -0.05) is 39.5 Å². The molecule has 1 rings (SSSR count). The van der Waals surface area contributed by atoms with Crippen LogP contribution in [0, 0.1) is 12.8 Å². The molecule has 0 saturated carbocycles. The van der Waals surface area contributed by atoms with Gasteiger partial charge >= 0.3 is 0 Å². The molecule has 3 heteroatoms. The fourth-order valence-corrected chi connectivity index (χ4v) is 1.85. The molecular formula is C14H22N2O. The quantitative estimate of drug-likeness (QED) is 0.677. The number of hydrogen-bond acceptors (Lipinski definition) is 3. The summed E-state index contributed by atoms with van der Waals surface area (Å²) in [5.41, 5.74) is 1.35. The van der Waals surface area contributed by atoms with Gasteiger partial charge in [-0.2, -0.15) is 0 Å². The number of hydrogen-bond donors (Lipinski definition) is 0. The number of aryl methyl sites for hydroxylation is 1. The summed E-state index contributed by atoms with van der Waals surface area (Å²) < 4.78 is 0. The van der Waals surface area contributed by atoms with Crippen molar-refractivity contribution >= 4 is 5.78 Å². The molecule has 1 aromatic heterocycles. The first-order chi connectivity index (χ1) is 8.17. The molecule has 0 fully saturated rings. The smallest absolute Gasteiger partial charge is 0.183 e. The summed E-state index contributed by atoms with van der Waals surface area (Å²) in [6.45, 7) is 6.20. The number of unbranched alkanes of at least 4 members (excludes halogenated alkanes) is 1. The molecule has 0 spiro atoms. The maximum atomic E-state index is 12.0. The molecule has 0 aromatic carbocycles. The van der Waals surface area contributed by atoms with Crippen LogP contribution < -0.4 is 0 Å². The molecular weight excluding hydrogens is 212 g/mol. The van der Waals surface area contributed by atoms with Gasteiger partial charge in [0.15, 0.2) is 5.78 Å². The maximum absolute atomic E-state index is 12.0. The molecule has 1 heterocycles. The van der Waals surface area contributed by atoms with E-state index >= 15 is 0 Å². The first-order valence-corrected chi connectivity index (χ1v) is 6.49. The van der Waals surface area contributed by atoms with E-state index in [4.69, 9.17) is 0 Å². The average Bonchev–Trinajstić information content (AvgIpc) is 2.35. The van der Waals surface area contributed by atoms with Crippen LogP contribution in [-0.4, -0.2) is 15.8 Å². The predicted molar refractivity (Wildman–Crippen MR) is 69.0 cm³/mol. The van der Waals surface area contributed by atoms with Crippen molar-refractivity contribution in [2.45, 2.75) is 52.9 Å². The number of carbonyl (C=O) groups is 1. The Balaban J connectivity index is 2.54. The van der Waals surface area contributed by atoms with E-state index in [1.54, 1.807) is 12.4 Å². The molecule has 0 saturated heterocycles. The highest BCUT2D eigenvalue weighted by Crippen LogP contribution is 2.18. The van der Waals surface area contributed by atoms with Crippen LogP contribution in [0.3, 0.4) is 0 Å². The topological polar surface area (TPSA) is 42.9 Å². The van der Waals surface area contributed by atoms with Crippen LogP contribution in [0.5, 0.6) is 0 Å². The Labute approximate surface area is 104 Å². The molecule has 1 unspecified atom stereocenters. The Hall–Kier alpha value is -1.25. The normalized spacial score (nSPS) is 12.4. The van der Waals surface area contributed by atoms with E-state index in [0.717, 1.165) is 18.5 Å². The largest absolute Gasteiger partial charge is 0.292 e. The maximum Gasteiger partial charge on any atom is 0.183 e. The average molecular weight is 234 g/mol. The highest BCUT2D eigenvalue weighted by Gasteiger charge is 2.14. The minimum atomic E-state index is 0.125. The van der Waals surface area contributed by atoms with Crippen LogP contribution in [0.2, 0.25) is 0 Å².